The van der Waals surface area contributed by atoms with Crippen LogP contribution in [0.5, 0.6) is 0 Å². The molecule has 0 fully saturated rings. The zero-order chi connectivity index (χ0) is 21.8. The Kier molecular flexibility index (Phi) is 5.81. The third kappa shape index (κ3) is 4.34. The summed E-state index contributed by atoms with van der Waals surface area (Å²) in [6.07, 6.45) is 3.90. The van der Waals surface area contributed by atoms with Crippen molar-refractivity contribution < 1.29 is 13.2 Å². The molecule has 8 heteroatoms. The number of fused-ring (bicyclic) bond motifs is 1. The molecule has 4 aromatic rings. The van der Waals surface area contributed by atoms with E-state index in [4.69, 9.17) is 0 Å². The minimum absolute atomic E-state index is 0.00556. The maximum Gasteiger partial charge on any atom is 0.252 e. The number of carbonyl (C=O) groups is 1. The van der Waals surface area contributed by atoms with Gasteiger partial charge in [-0.1, -0.05) is 37.3 Å². The molecule has 158 valence electrons. The van der Waals surface area contributed by atoms with Crippen LogP contribution in [-0.2, 0) is 16.4 Å². The maximum absolute atomic E-state index is 12.7. The number of carbonyl (C=O) groups excluding carboxylic acids is 1. The Hall–Kier alpha value is -3.52. The fraction of sp³-hybridized carbons (Fsp3) is 0.174. The molecule has 0 saturated carbocycles. The highest BCUT2D eigenvalue weighted by molar-refractivity contribution is 7.91. The number of nitrogens with zero attached hydrogens (tertiary/aromatic N) is 3. The van der Waals surface area contributed by atoms with Crippen LogP contribution in [0.4, 0.5) is 0 Å². The maximum atomic E-state index is 12.7. The summed E-state index contributed by atoms with van der Waals surface area (Å²) in [5, 5.41) is 2.79. The second kappa shape index (κ2) is 8.69. The molecule has 1 N–H and O–H groups in total. The van der Waals surface area contributed by atoms with Crippen LogP contribution in [-0.4, -0.2) is 34.6 Å². The van der Waals surface area contributed by atoms with Crippen molar-refractivity contribution in [2.24, 2.45) is 0 Å². The first-order chi connectivity index (χ1) is 15.0. The van der Waals surface area contributed by atoms with Crippen LogP contribution in [0.1, 0.15) is 29.3 Å². The molecule has 2 aromatic carbocycles. The Balaban J connectivity index is 1.49. The van der Waals surface area contributed by atoms with Crippen LogP contribution in [0.25, 0.3) is 16.9 Å². The van der Waals surface area contributed by atoms with Crippen molar-refractivity contribution in [2.75, 3.05) is 5.75 Å². The number of rotatable bonds is 7. The highest BCUT2D eigenvalue weighted by atomic mass is 32.2. The molecule has 0 aliphatic heterocycles. The first-order valence-electron chi connectivity index (χ1n) is 9.97. The second-order valence-electron chi connectivity index (χ2n) is 7.13. The number of sulfone groups is 1. The number of nitrogens with one attached hydrogen (secondary N) is 1. The Morgan fingerprint density at radius 2 is 1.77 bits per heavy atom. The molecule has 1 amide bonds. The van der Waals surface area contributed by atoms with Gasteiger partial charge in [-0.15, -0.1) is 0 Å². The molecule has 4 rings (SSSR count). The number of para-hydroxylation sites is 2. The lowest BCUT2D eigenvalue weighted by atomic mass is 10.2. The van der Waals surface area contributed by atoms with Gasteiger partial charge >= 0.3 is 0 Å². The fourth-order valence-electron chi connectivity index (χ4n) is 3.39. The number of hydrogen-bond donors (Lipinski definition) is 1. The third-order valence-electron chi connectivity index (χ3n) is 4.90. The van der Waals surface area contributed by atoms with Crippen molar-refractivity contribution >= 4 is 26.8 Å². The molecule has 0 spiro atoms. The summed E-state index contributed by atoms with van der Waals surface area (Å²) in [6.45, 7) is 2.03. The minimum Gasteiger partial charge on any atom is -0.348 e. The van der Waals surface area contributed by atoms with Crippen LogP contribution in [0.15, 0.2) is 78.1 Å². The lowest BCUT2D eigenvalue weighted by Gasteiger charge is -2.11. The van der Waals surface area contributed by atoms with E-state index in [1.807, 2.05) is 41.0 Å². The third-order valence-corrected chi connectivity index (χ3v) is 6.87. The van der Waals surface area contributed by atoms with Gasteiger partial charge in [-0.25, -0.2) is 18.4 Å². The second-order valence-corrected chi connectivity index (χ2v) is 9.20. The number of aromatic nitrogens is 3. The SMILES string of the molecule is CCCS(=O)(=O)c1ccccc1C(=O)NCc1ccc(-n2cnc3ccccc32)nc1. The van der Waals surface area contributed by atoms with Crippen LogP contribution in [0, 0.1) is 0 Å². The van der Waals surface area contributed by atoms with Crippen LogP contribution < -0.4 is 5.32 Å². The van der Waals surface area contributed by atoms with Gasteiger partial charge in [0.05, 0.1) is 27.2 Å². The lowest BCUT2D eigenvalue weighted by molar-refractivity contribution is 0.0947. The van der Waals surface area contributed by atoms with E-state index in [0.29, 0.717) is 6.42 Å². The lowest BCUT2D eigenvalue weighted by Crippen LogP contribution is -2.25. The average molecular weight is 435 g/mol. The number of amides is 1. The van der Waals surface area contributed by atoms with Crippen molar-refractivity contribution in [3.8, 4) is 5.82 Å². The summed E-state index contributed by atoms with van der Waals surface area (Å²) in [5.74, 6) is 0.297. The van der Waals surface area contributed by atoms with Crippen LogP contribution in [0.2, 0.25) is 0 Å². The van der Waals surface area contributed by atoms with Crippen molar-refractivity contribution in [1.29, 1.82) is 0 Å². The zero-order valence-electron chi connectivity index (χ0n) is 17.0. The van der Waals surface area contributed by atoms with E-state index in [9.17, 15) is 13.2 Å². The van der Waals surface area contributed by atoms with Gasteiger partial charge in [-0.2, -0.15) is 0 Å². The van der Waals surface area contributed by atoms with E-state index in [1.165, 1.54) is 12.1 Å². The molecule has 0 atom stereocenters. The first kappa shape index (κ1) is 20.7. The first-order valence-corrected chi connectivity index (χ1v) is 11.6. The molecule has 0 radical (unpaired) electrons. The standard InChI is InChI=1S/C23H22N4O3S/c1-2-13-31(29,30)21-10-6-3-7-18(21)23(28)25-15-17-11-12-22(24-14-17)27-16-26-19-8-4-5-9-20(19)27/h3-12,14,16H,2,13,15H2,1H3,(H,25,28). The van der Waals surface area contributed by atoms with Gasteiger partial charge in [0.25, 0.3) is 5.91 Å². The molecule has 7 nitrogen and oxygen atoms in total. The van der Waals surface area contributed by atoms with Gasteiger partial charge in [0.2, 0.25) is 0 Å². The Morgan fingerprint density at radius 1 is 1.00 bits per heavy atom. The van der Waals surface area contributed by atoms with Crippen LogP contribution in [0.3, 0.4) is 0 Å². The van der Waals surface area contributed by atoms with Crippen molar-refractivity contribution in [3.63, 3.8) is 0 Å². The van der Waals surface area contributed by atoms with Gasteiger partial charge in [0, 0.05) is 12.7 Å². The summed E-state index contributed by atoms with van der Waals surface area (Å²) < 4.78 is 26.9. The van der Waals surface area contributed by atoms with E-state index in [0.717, 1.165) is 22.4 Å². The van der Waals surface area contributed by atoms with Crippen molar-refractivity contribution in [1.82, 2.24) is 19.9 Å². The highest BCUT2D eigenvalue weighted by Gasteiger charge is 2.21. The Morgan fingerprint density at radius 3 is 2.55 bits per heavy atom. The van der Waals surface area contributed by atoms with Gasteiger partial charge in [-0.3, -0.25) is 9.36 Å². The molecule has 2 aromatic heterocycles. The monoisotopic (exact) mass is 434 g/mol. The number of hydrogen-bond acceptors (Lipinski definition) is 5. The van der Waals surface area contributed by atoms with Gasteiger partial charge in [-0.05, 0) is 42.3 Å². The molecule has 2 heterocycles. The molecular formula is C23H22N4O3S. The largest absolute Gasteiger partial charge is 0.348 e. The zero-order valence-corrected chi connectivity index (χ0v) is 17.8. The highest BCUT2D eigenvalue weighted by Crippen LogP contribution is 2.19. The van der Waals surface area contributed by atoms with E-state index in [2.05, 4.69) is 15.3 Å². The van der Waals surface area contributed by atoms with Crippen molar-refractivity contribution in [3.05, 3.63) is 84.3 Å². The summed E-state index contributed by atoms with van der Waals surface area (Å²) in [5.41, 5.74) is 2.80. The summed E-state index contributed by atoms with van der Waals surface area (Å²) in [4.78, 5) is 21.6. The molecule has 0 bridgehead atoms. The predicted octanol–water partition coefficient (Wildman–Crippen LogP) is 3.53. The fourth-order valence-corrected chi connectivity index (χ4v) is 4.93. The Labute approximate surface area is 180 Å². The van der Waals surface area contributed by atoms with E-state index in [-0.39, 0.29) is 22.8 Å². The molecule has 0 aliphatic rings. The smallest absolute Gasteiger partial charge is 0.252 e. The Bertz CT molecular complexity index is 1330. The van der Waals surface area contributed by atoms with Gasteiger partial charge < -0.3 is 5.32 Å². The average Bonchev–Trinajstić information content (AvgIpc) is 3.22. The van der Waals surface area contributed by atoms with E-state index >= 15 is 0 Å². The molecule has 31 heavy (non-hydrogen) atoms. The molecular weight excluding hydrogens is 412 g/mol. The number of benzene rings is 2. The van der Waals surface area contributed by atoms with E-state index in [1.54, 1.807) is 31.6 Å². The molecule has 0 aliphatic carbocycles. The minimum atomic E-state index is -3.50. The van der Waals surface area contributed by atoms with E-state index < -0.39 is 15.7 Å². The summed E-state index contributed by atoms with van der Waals surface area (Å²) in [7, 11) is -3.50. The molecule has 0 saturated heterocycles. The number of pyridine rings is 1. The van der Waals surface area contributed by atoms with Crippen molar-refractivity contribution in [2.45, 2.75) is 24.8 Å². The predicted molar refractivity (Wildman–Crippen MR) is 119 cm³/mol. The van der Waals surface area contributed by atoms with Gasteiger partial charge in [0.1, 0.15) is 12.1 Å². The van der Waals surface area contributed by atoms with Crippen LogP contribution >= 0.6 is 0 Å². The normalized spacial score (nSPS) is 11.5. The molecule has 0 unspecified atom stereocenters. The van der Waals surface area contributed by atoms with Gasteiger partial charge in [0.15, 0.2) is 9.84 Å². The number of imidazole rings is 1. The summed E-state index contributed by atoms with van der Waals surface area (Å²) >= 11 is 0. The topological polar surface area (TPSA) is 94.0 Å². The summed E-state index contributed by atoms with van der Waals surface area (Å²) in [6, 6.07) is 17.8. The quantitative estimate of drug-likeness (QED) is 0.480.